The Morgan fingerprint density at radius 1 is 0.547 bits per heavy atom. The maximum Gasteiger partial charge on any atom is 0.472 e. The number of nitrogens with one attached hydrogen (secondary N) is 1. The second kappa shape index (κ2) is 45.6. The molecule has 3 unspecified atom stereocenters. The average molecular weight is 914 g/mol. The van der Waals surface area contributed by atoms with Crippen LogP contribution in [0, 0.1) is 0 Å². The molecule has 0 aliphatic rings. The predicted octanol–water partition coefficient (Wildman–Crippen LogP) is 15.1. The molecule has 9 heteroatoms. The molecule has 0 aliphatic heterocycles. The summed E-state index contributed by atoms with van der Waals surface area (Å²) >= 11 is 0. The Balaban J connectivity index is 4.00. The molecule has 3 atom stereocenters. The number of rotatable bonds is 45. The van der Waals surface area contributed by atoms with Gasteiger partial charge in [-0.05, 0) is 77.0 Å². The van der Waals surface area contributed by atoms with E-state index in [-0.39, 0.29) is 19.1 Å². The lowest BCUT2D eigenvalue weighted by molar-refractivity contribution is -0.870. The zero-order valence-corrected chi connectivity index (χ0v) is 42.6. The van der Waals surface area contributed by atoms with Crippen LogP contribution >= 0.6 is 7.82 Å². The van der Waals surface area contributed by atoms with Gasteiger partial charge in [0, 0.05) is 6.42 Å². The third-order valence-electron chi connectivity index (χ3n) is 10.8. The van der Waals surface area contributed by atoms with Crippen molar-refractivity contribution in [3.05, 3.63) is 97.2 Å². The van der Waals surface area contributed by atoms with E-state index in [1.54, 1.807) is 0 Å². The SMILES string of the molecule is CC/C=C\C/C=C\C/C=C\C/C=C\C/C=C\C/C=C\C/C=C\C/C=C\CCCCCCCCCCCCC(=O)NC(COP(=O)(O)OCC[N+](C)(C)C)C(O)CCCCCCCCC. The Kier molecular flexibility index (Phi) is 43.7. The summed E-state index contributed by atoms with van der Waals surface area (Å²) in [5.41, 5.74) is 0. The second-order valence-corrected chi connectivity index (χ2v) is 19.6. The van der Waals surface area contributed by atoms with Crippen LogP contribution in [0.25, 0.3) is 0 Å². The summed E-state index contributed by atoms with van der Waals surface area (Å²) in [6.45, 7) is 4.70. The van der Waals surface area contributed by atoms with E-state index in [1.807, 2.05) is 21.1 Å². The molecule has 0 heterocycles. The number of carbonyl (C=O) groups excluding carboxylic acids is 1. The number of phosphoric acid groups is 1. The molecule has 0 spiro atoms. The minimum Gasteiger partial charge on any atom is -0.391 e. The number of carbonyl (C=O) groups is 1. The van der Waals surface area contributed by atoms with E-state index in [0.29, 0.717) is 23.9 Å². The smallest absolute Gasteiger partial charge is 0.391 e. The molecule has 0 aromatic heterocycles. The van der Waals surface area contributed by atoms with E-state index in [4.69, 9.17) is 9.05 Å². The summed E-state index contributed by atoms with van der Waals surface area (Å²) in [6, 6.07) is -0.765. The van der Waals surface area contributed by atoms with Gasteiger partial charge in [0.05, 0.1) is 39.9 Å². The van der Waals surface area contributed by atoms with Gasteiger partial charge in [0.2, 0.25) is 5.91 Å². The van der Waals surface area contributed by atoms with Crippen LogP contribution in [0.3, 0.4) is 0 Å². The molecule has 0 saturated heterocycles. The fourth-order valence-electron chi connectivity index (χ4n) is 6.83. The van der Waals surface area contributed by atoms with E-state index in [0.717, 1.165) is 96.3 Å². The van der Waals surface area contributed by atoms with Gasteiger partial charge >= 0.3 is 7.82 Å². The first-order valence-electron chi connectivity index (χ1n) is 25.6. The molecule has 0 rings (SSSR count). The maximum absolute atomic E-state index is 12.9. The van der Waals surface area contributed by atoms with Crippen molar-refractivity contribution in [2.24, 2.45) is 0 Å². The normalized spacial score (nSPS) is 14.9. The van der Waals surface area contributed by atoms with Gasteiger partial charge in [-0.2, -0.15) is 0 Å². The van der Waals surface area contributed by atoms with Crippen LogP contribution in [-0.4, -0.2) is 73.4 Å². The highest BCUT2D eigenvalue weighted by Crippen LogP contribution is 2.43. The first-order valence-corrected chi connectivity index (χ1v) is 27.1. The van der Waals surface area contributed by atoms with Crippen LogP contribution in [0.1, 0.15) is 194 Å². The van der Waals surface area contributed by atoms with Crippen molar-refractivity contribution >= 4 is 13.7 Å². The standard InChI is InChI=1S/C55H97N2O6P/c1-6-8-10-12-14-15-16-17-18-19-20-21-22-23-24-25-26-27-28-29-30-31-32-33-34-35-36-37-38-39-40-41-43-45-47-49-55(59)56-53(54(58)48-46-44-42-13-11-9-7-2)52-63-64(60,61)62-51-50-57(3,4)5/h8,10,14-15,17-18,20-21,23-24,26-27,29-30,32-33,53-54,58H,6-7,9,11-13,16,19,22,25,28,31,34-52H2,1-5H3,(H-,56,59,60,61)/p+1/b10-8-,15-14-,18-17-,21-20-,24-23-,27-26-,30-29-,33-32-. The van der Waals surface area contributed by atoms with Crippen molar-refractivity contribution in [3.8, 4) is 0 Å². The summed E-state index contributed by atoms with van der Waals surface area (Å²) in [4.78, 5) is 23.1. The number of hydrogen-bond donors (Lipinski definition) is 3. The van der Waals surface area contributed by atoms with Crippen molar-refractivity contribution < 1.29 is 32.9 Å². The summed E-state index contributed by atoms with van der Waals surface area (Å²) in [5.74, 6) is -0.158. The molecule has 368 valence electrons. The number of nitrogens with zero attached hydrogens (tertiary/aromatic N) is 1. The number of phosphoric ester groups is 1. The zero-order chi connectivity index (χ0) is 47.1. The molecule has 0 bridgehead atoms. The predicted molar refractivity (Wildman–Crippen MR) is 276 cm³/mol. The van der Waals surface area contributed by atoms with Crippen LogP contribution < -0.4 is 5.32 Å². The fourth-order valence-corrected chi connectivity index (χ4v) is 7.56. The van der Waals surface area contributed by atoms with Crippen molar-refractivity contribution in [1.29, 1.82) is 0 Å². The summed E-state index contributed by atoms with van der Waals surface area (Å²) in [6.07, 6.45) is 64.8. The van der Waals surface area contributed by atoms with Gasteiger partial charge in [-0.3, -0.25) is 13.8 Å². The van der Waals surface area contributed by atoms with Gasteiger partial charge in [0.25, 0.3) is 0 Å². The summed E-state index contributed by atoms with van der Waals surface area (Å²) in [5, 5.41) is 13.9. The zero-order valence-electron chi connectivity index (χ0n) is 41.7. The largest absolute Gasteiger partial charge is 0.472 e. The van der Waals surface area contributed by atoms with Gasteiger partial charge in [0.1, 0.15) is 13.2 Å². The maximum atomic E-state index is 12.9. The molecule has 0 radical (unpaired) electrons. The Morgan fingerprint density at radius 2 is 0.938 bits per heavy atom. The quantitative estimate of drug-likeness (QED) is 0.0243. The molecule has 0 aromatic rings. The number of hydrogen-bond acceptors (Lipinski definition) is 5. The molecule has 0 aliphatic carbocycles. The number of aliphatic hydroxyl groups is 1. The van der Waals surface area contributed by atoms with Crippen LogP contribution in [0.2, 0.25) is 0 Å². The third kappa shape index (κ3) is 47.4. The molecule has 64 heavy (non-hydrogen) atoms. The van der Waals surface area contributed by atoms with E-state index in [2.05, 4.69) is 116 Å². The van der Waals surface area contributed by atoms with Gasteiger partial charge in [-0.1, -0.05) is 207 Å². The molecular formula is C55H98N2O6P+. The summed E-state index contributed by atoms with van der Waals surface area (Å²) < 4.78 is 23.5. The van der Waals surface area contributed by atoms with Crippen LogP contribution in [0.15, 0.2) is 97.2 Å². The Morgan fingerprint density at radius 3 is 1.38 bits per heavy atom. The highest BCUT2D eigenvalue weighted by molar-refractivity contribution is 7.47. The van der Waals surface area contributed by atoms with Crippen molar-refractivity contribution in [1.82, 2.24) is 5.32 Å². The number of unbranched alkanes of at least 4 members (excludes halogenated alkanes) is 16. The fraction of sp³-hybridized carbons (Fsp3) is 0.691. The third-order valence-corrected chi connectivity index (χ3v) is 11.8. The van der Waals surface area contributed by atoms with Crippen molar-refractivity contribution in [2.75, 3.05) is 40.9 Å². The first-order chi connectivity index (χ1) is 31.0. The highest BCUT2D eigenvalue weighted by atomic mass is 31.2. The molecule has 0 aromatic carbocycles. The number of likely N-dealkylation sites (N-methyl/N-ethyl adjacent to an activating group) is 1. The average Bonchev–Trinajstić information content (AvgIpc) is 3.25. The van der Waals surface area contributed by atoms with Gasteiger partial charge < -0.3 is 19.8 Å². The molecule has 3 N–H and O–H groups in total. The van der Waals surface area contributed by atoms with E-state index >= 15 is 0 Å². The Labute approximate surface area is 394 Å². The highest BCUT2D eigenvalue weighted by Gasteiger charge is 2.28. The molecule has 8 nitrogen and oxygen atoms in total. The minimum atomic E-state index is -4.31. The van der Waals surface area contributed by atoms with Gasteiger partial charge in [0.15, 0.2) is 0 Å². The number of allylic oxidation sites excluding steroid dienone is 16. The van der Waals surface area contributed by atoms with Crippen molar-refractivity contribution in [2.45, 2.75) is 206 Å². The minimum absolute atomic E-state index is 0.0689. The topological polar surface area (TPSA) is 105 Å². The molecule has 1 amide bonds. The molecule has 0 fully saturated rings. The lowest BCUT2D eigenvalue weighted by atomic mass is 10.0. The van der Waals surface area contributed by atoms with Gasteiger partial charge in [-0.25, -0.2) is 4.57 Å². The number of quaternary nitrogens is 1. The first kappa shape index (κ1) is 61.4. The Hall–Kier alpha value is -2.58. The molecular weight excluding hydrogens is 816 g/mol. The summed E-state index contributed by atoms with van der Waals surface area (Å²) in [7, 11) is 1.60. The van der Waals surface area contributed by atoms with Crippen LogP contribution in [0.4, 0.5) is 0 Å². The lowest BCUT2D eigenvalue weighted by Gasteiger charge is -2.26. The lowest BCUT2D eigenvalue weighted by Crippen LogP contribution is -2.46. The van der Waals surface area contributed by atoms with E-state index < -0.39 is 20.0 Å². The van der Waals surface area contributed by atoms with E-state index in [1.165, 1.54) is 70.6 Å². The number of amides is 1. The van der Waals surface area contributed by atoms with Gasteiger partial charge in [-0.15, -0.1) is 0 Å². The number of aliphatic hydroxyl groups excluding tert-OH is 1. The van der Waals surface area contributed by atoms with E-state index in [9.17, 15) is 19.4 Å². The molecule has 0 saturated carbocycles. The monoisotopic (exact) mass is 914 g/mol. The Bertz CT molecular complexity index is 1360. The van der Waals surface area contributed by atoms with Crippen LogP contribution in [-0.2, 0) is 18.4 Å². The van der Waals surface area contributed by atoms with Crippen molar-refractivity contribution in [3.63, 3.8) is 0 Å². The van der Waals surface area contributed by atoms with Crippen LogP contribution in [0.5, 0.6) is 0 Å². The second-order valence-electron chi connectivity index (χ2n) is 18.2.